The van der Waals surface area contributed by atoms with Crippen LogP contribution in [0.15, 0.2) is 0 Å². The van der Waals surface area contributed by atoms with Crippen LogP contribution in [0.25, 0.3) is 0 Å². The first-order chi connectivity index (χ1) is 6.11. The van der Waals surface area contributed by atoms with Crippen molar-refractivity contribution in [1.82, 2.24) is 10.2 Å². The van der Waals surface area contributed by atoms with Crippen molar-refractivity contribution in [2.24, 2.45) is 0 Å². The molecule has 0 saturated carbocycles. The zero-order valence-corrected chi connectivity index (χ0v) is 7.73. The van der Waals surface area contributed by atoms with Gasteiger partial charge in [0.1, 0.15) is 0 Å². The molecule has 1 aliphatic heterocycles. The van der Waals surface area contributed by atoms with Crippen LogP contribution in [0.4, 0.5) is 0 Å². The molecule has 0 amide bonds. The first-order valence-electron chi connectivity index (χ1n) is 4.46. The van der Waals surface area contributed by atoms with Crippen LogP contribution < -0.4 is 5.32 Å². The van der Waals surface area contributed by atoms with E-state index in [0.29, 0.717) is 6.67 Å². The predicted molar refractivity (Wildman–Crippen MR) is 47.3 cm³/mol. The van der Waals surface area contributed by atoms with E-state index in [1.807, 2.05) is 4.90 Å². The van der Waals surface area contributed by atoms with Crippen LogP contribution in [0.2, 0.25) is 0 Å². The highest BCUT2D eigenvalue weighted by Gasteiger charge is 2.27. The van der Waals surface area contributed by atoms with E-state index in [0.717, 1.165) is 13.1 Å². The molecule has 0 aromatic carbocycles. The van der Waals surface area contributed by atoms with Crippen LogP contribution in [0, 0.1) is 0 Å². The number of carboxylic acid groups (broad SMARTS) is 1. The summed E-state index contributed by atoms with van der Waals surface area (Å²) in [6.07, 6.45) is -0.602. The average molecular weight is 188 g/mol. The summed E-state index contributed by atoms with van der Waals surface area (Å²) < 4.78 is 0. The molecule has 1 heterocycles. The van der Waals surface area contributed by atoms with Crippen molar-refractivity contribution in [3.8, 4) is 0 Å². The van der Waals surface area contributed by atoms with E-state index in [1.54, 1.807) is 6.92 Å². The Bertz CT molecular complexity index is 178. The van der Waals surface area contributed by atoms with E-state index in [1.165, 1.54) is 0 Å². The molecule has 1 rings (SSSR count). The lowest BCUT2D eigenvalue weighted by Gasteiger charge is -2.27. The minimum absolute atomic E-state index is 0.000648. The SMILES string of the molecule is CC(O)C(CC(=O)O)N1CCNC1. The lowest BCUT2D eigenvalue weighted by Crippen LogP contribution is -2.43. The number of aliphatic hydroxyl groups is 1. The molecule has 5 nitrogen and oxygen atoms in total. The average Bonchev–Trinajstić information content (AvgIpc) is 2.50. The standard InChI is InChI=1S/C8H16N2O3/c1-6(11)7(4-8(12)13)10-3-2-9-5-10/h6-7,9,11H,2-5H2,1H3,(H,12,13). The molecule has 0 aromatic heterocycles. The highest BCUT2D eigenvalue weighted by atomic mass is 16.4. The molecule has 2 unspecified atom stereocenters. The minimum Gasteiger partial charge on any atom is -0.481 e. The molecular weight excluding hydrogens is 172 g/mol. The third kappa shape index (κ3) is 2.95. The van der Waals surface area contributed by atoms with E-state index in [-0.39, 0.29) is 12.5 Å². The lowest BCUT2D eigenvalue weighted by atomic mass is 10.1. The summed E-state index contributed by atoms with van der Waals surface area (Å²) >= 11 is 0. The summed E-state index contributed by atoms with van der Waals surface area (Å²) in [7, 11) is 0. The molecule has 13 heavy (non-hydrogen) atoms. The van der Waals surface area contributed by atoms with Crippen LogP contribution in [0.5, 0.6) is 0 Å². The van der Waals surface area contributed by atoms with Crippen molar-refractivity contribution in [3.63, 3.8) is 0 Å². The number of aliphatic hydroxyl groups excluding tert-OH is 1. The molecule has 0 spiro atoms. The van der Waals surface area contributed by atoms with Gasteiger partial charge in [-0.2, -0.15) is 0 Å². The van der Waals surface area contributed by atoms with Crippen LogP contribution in [0.3, 0.4) is 0 Å². The quantitative estimate of drug-likeness (QED) is 0.532. The summed E-state index contributed by atoms with van der Waals surface area (Å²) in [5.41, 5.74) is 0. The van der Waals surface area contributed by atoms with E-state index >= 15 is 0 Å². The van der Waals surface area contributed by atoms with E-state index < -0.39 is 12.1 Å². The van der Waals surface area contributed by atoms with E-state index in [9.17, 15) is 9.90 Å². The van der Waals surface area contributed by atoms with Gasteiger partial charge in [-0.1, -0.05) is 0 Å². The van der Waals surface area contributed by atoms with Crippen molar-refractivity contribution in [2.45, 2.75) is 25.5 Å². The minimum atomic E-state index is -0.863. The van der Waals surface area contributed by atoms with Gasteiger partial charge in [0.2, 0.25) is 0 Å². The topological polar surface area (TPSA) is 72.8 Å². The maximum Gasteiger partial charge on any atom is 0.305 e. The lowest BCUT2D eigenvalue weighted by molar-refractivity contribution is -0.139. The van der Waals surface area contributed by atoms with Gasteiger partial charge in [0.05, 0.1) is 12.5 Å². The fourth-order valence-corrected chi connectivity index (χ4v) is 1.59. The second-order valence-electron chi connectivity index (χ2n) is 3.38. The smallest absolute Gasteiger partial charge is 0.305 e. The van der Waals surface area contributed by atoms with Crippen molar-refractivity contribution >= 4 is 5.97 Å². The van der Waals surface area contributed by atoms with Gasteiger partial charge in [-0.15, -0.1) is 0 Å². The first-order valence-corrected chi connectivity index (χ1v) is 4.46. The molecule has 0 aromatic rings. The monoisotopic (exact) mass is 188 g/mol. The number of nitrogens with one attached hydrogen (secondary N) is 1. The molecule has 0 aliphatic carbocycles. The molecular formula is C8H16N2O3. The number of rotatable bonds is 4. The number of carboxylic acids is 1. The van der Waals surface area contributed by atoms with Crippen molar-refractivity contribution in [3.05, 3.63) is 0 Å². The molecule has 5 heteroatoms. The molecule has 0 bridgehead atoms. The van der Waals surface area contributed by atoms with Gasteiger partial charge in [-0.3, -0.25) is 9.69 Å². The maximum atomic E-state index is 10.5. The summed E-state index contributed by atoms with van der Waals surface area (Å²) in [6, 6.07) is -0.271. The Morgan fingerprint density at radius 3 is 2.77 bits per heavy atom. The number of nitrogens with zero attached hydrogens (tertiary/aromatic N) is 1. The van der Waals surface area contributed by atoms with Crippen molar-refractivity contribution < 1.29 is 15.0 Å². The molecule has 1 fully saturated rings. The Hall–Kier alpha value is -0.650. The van der Waals surface area contributed by atoms with Gasteiger partial charge >= 0.3 is 5.97 Å². The zero-order chi connectivity index (χ0) is 9.84. The number of hydrogen-bond donors (Lipinski definition) is 3. The van der Waals surface area contributed by atoms with Gasteiger partial charge in [-0.25, -0.2) is 0 Å². The Kier molecular flexibility index (Phi) is 3.65. The zero-order valence-electron chi connectivity index (χ0n) is 7.73. The fourth-order valence-electron chi connectivity index (χ4n) is 1.59. The highest BCUT2D eigenvalue weighted by molar-refractivity contribution is 5.67. The van der Waals surface area contributed by atoms with Crippen molar-refractivity contribution in [2.75, 3.05) is 19.8 Å². The molecule has 3 N–H and O–H groups in total. The molecule has 1 aliphatic rings. The Balaban J connectivity index is 2.50. The van der Waals surface area contributed by atoms with Gasteiger partial charge < -0.3 is 15.5 Å². The molecule has 2 atom stereocenters. The second-order valence-corrected chi connectivity index (χ2v) is 3.38. The van der Waals surface area contributed by atoms with Crippen LogP contribution in [0.1, 0.15) is 13.3 Å². The van der Waals surface area contributed by atoms with E-state index in [4.69, 9.17) is 5.11 Å². The highest BCUT2D eigenvalue weighted by Crippen LogP contribution is 2.10. The molecule has 1 saturated heterocycles. The Morgan fingerprint density at radius 1 is 1.69 bits per heavy atom. The summed E-state index contributed by atoms with van der Waals surface area (Å²) in [5.74, 6) is -0.863. The van der Waals surface area contributed by atoms with Crippen LogP contribution in [-0.4, -0.2) is 53.0 Å². The van der Waals surface area contributed by atoms with Crippen LogP contribution >= 0.6 is 0 Å². The maximum absolute atomic E-state index is 10.5. The Labute approximate surface area is 77.3 Å². The van der Waals surface area contributed by atoms with Crippen molar-refractivity contribution in [1.29, 1.82) is 0 Å². The third-order valence-corrected chi connectivity index (χ3v) is 2.30. The first kappa shape index (κ1) is 10.4. The molecule has 76 valence electrons. The normalized spacial score (nSPS) is 22.9. The Morgan fingerprint density at radius 2 is 2.38 bits per heavy atom. The van der Waals surface area contributed by atoms with Gasteiger partial charge in [-0.05, 0) is 6.92 Å². The van der Waals surface area contributed by atoms with Crippen LogP contribution in [-0.2, 0) is 4.79 Å². The number of aliphatic carboxylic acids is 1. The summed E-state index contributed by atoms with van der Waals surface area (Å²) in [6.45, 7) is 3.97. The summed E-state index contributed by atoms with van der Waals surface area (Å²) in [5, 5.41) is 21.1. The van der Waals surface area contributed by atoms with Gasteiger partial charge in [0.15, 0.2) is 0 Å². The summed E-state index contributed by atoms with van der Waals surface area (Å²) in [4.78, 5) is 12.5. The van der Waals surface area contributed by atoms with Gasteiger partial charge in [0, 0.05) is 25.8 Å². The fraction of sp³-hybridized carbons (Fsp3) is 0.875. The predicted octanol–water partition coefficient (Wildman–Crippen LogP) is -0.927. The van der Waals surface area contributed by atoms with E-state index in [2.05, 4.69) is 5.32 Å². The largest absolute Gasteiger partial charge is 0.481 e. The second kappa shape index (κ2) is 4.55. The number of carbonyl (C=O) groups is 1. The molecule has 0 radical (unpaired) electrons. The number of hydrogen-bond acceptors (Lipinski definition) is 4. The third-order valence-electron chi connectivity index (χ3n) is 2.30. The van der Waals surface area contributed by atoms with Gasteiger partial charge in [0.25, 0.3) is 0 Å².